The minimum Gasteiger partial charge on any atom is -0.328 e. The Morgan fingerprint density at radius 2 is 0.879 bits per heavy atom. The fourth-order valence-electron chi connectivity index (χ4n) is 6.74. The highest BCUT2D eigenvalue weighted by Gasteiger charge is 2.42. The zero-order chi connectivity index (χ0) is 23.9. The number of hydrogen-bond acceptors (Lipinski definition) is 0. The first kappa shape index (κ1) is 23.1. The van der Waals surface area contributed by atoms with Crippen molar-refractivity contribution in [3.63, 3.8) is 0 Å². The van der Waals surface area contributed by atoms with E-state index in [9.17, 15) is 0 Å². The van der Waals surface area contributed by atoms with Crippen LogP contribution in [0.2, 0.25) is 0 Å². The molecule has 0 radical (unpaired) electrons. The summed E-state index contributed by atoms with van der Waals surface area (Å²) in [6, 6.07) is 15.0. The van der Waals surface area contributed by atoms with E-state index >= 15 is 0 Å². The number of likely N-dealkylation sites (tertiary alicyclic amines) is 2. The number of quaternary nitrogens is 2. The summed E-state index contributed by atoms with van der Waals surface area (Å²) in [5.41, 5.74) is 9.80. The minimum atomic E-state index is 0.0669. The molecule has 0 saturated carbocycles. The average molecular weight is 447 g/mol. The molecule has 3 aliphatic rings. The maximum absolute atomic E-state index is 2.59. The SMILES string of the molecule is CC1(c2ccc3c(c2)C(C)(C)c2cc(C4(C)CC[N+](C)(C)CC4)ccc2-3)CC[N+](C)(C)CC1. The quantitative estimate of drug-likeness (QED) is 0.478. The van der Waals surface area contributed by atoms with Gasteiger partial charge in [0.2, 0.25) is 0 Å². The van der Waals surface area contributed by atoms with Gasteiger partial charge in [0.25, 0.3) is 0 Å². The molecule has 0 bridgehead atoms. The van der Waals surface area contributed by atoms with Gasteiger partial charge in [-0.25, -0.2) is 0 Å². The van der Waals surface area contributed by atoms with Gasteiger partial charge in [0, 0.05) is 41.9 Å². The van der Waals surface area contributed by atoms with Crippen molar-refractivity contribution >= 4 is 0 Å². The van der Waals surface area contributed by atoms with Crippen LogP contribution in [0.5, 0.6) is 0 Å². The smallest absolute Gasteiger partial charge is 0.0791 e. The molecule has 2 saturated heterocycles. The Labute approximate surface area is 202 Å². The van der Waals surface area contributed by atoms with E-state index in [1.807, 2.05) is 0 Å². The lowest BCUT2D eigenvalue weighted by molar-refractivity contribution is -0.896. The molecule has 2 aromatic carbocycles. The van der Waals surface area contributed by atoms with Gasteiger partial charge >= 0.3 is 0 Å². The number of hydrogen-bond donors (Lipinski definition) is 0. The second-order valence-electron chi connectivity index (χ2n) is 14.0. The summed E-state index contributed by atoms with van der Waals surface area (Å²) < 4.78 is 2.32. The third-order valence-corrected chi connectivity index (χ3v) is 10.1. The Bertz CT molecular complexity index is 983. The van der Waals surface area contributed by atoms with Crippen molar-refractivity contribution < 1.29 is 8.97 Å². The van der Waals surface area contributed by atoms with Gasteiger partial charge in [0.15, 0.2) is 0 Å². The molecule has 5 rings (SSSR count). The van der Waals surface area contributed by atoms with Gasteiger partial charge in [-0.15, -0.1) is 0 Å². The predicted molar refractivity (Wildman–Crippen MR) is 141 cm³/mol. The van der Waals surface area contributed by atoms with E-state index in [0.717, 1.165) is 8.97 Å². The van der Waals surface area contributed by atoms with Gasteiger partial charge in [-0.05, 0) is 33.4 Å². The van der Waals surface area contributed by atoms with Crippen LogP contribution >= 0.6 is 0 Å². The highest BCUT2D eigenvalue weighted by Crippen LogP contribution is 2.52. The first-order valence-electron chi connectivity index (χ1n) is 13.2. The lowest BCUT2D eigenvalue weighted by atomic mass is 9.71. The first-order valence-corrected chi connectivity index (χ1v) is 13.2. The van der Waals surface area contributed by atoms with Crippen LogP contribution in [0.1, 0.15) is 75.6 Å². The molecule has 0 aromatic heterocycles. The second-order valence-corrected chi connectivity index (χ2v) is 14.0. The molecule has 33 heavy (non-hydrogen) atoms. The van der Waals surface area contributed by atoms with Crippen molar-refractivity contribution in [3.05, 3.63) is 58.7 Å². The Morgan fingerprint density at radius 3 is 1.21 bits per heavy atom. The number of rotatable bonds is 2. The molecule has 2 aromatic rings. The normalized spacial score (nSPS) is 25.8. The van der Waals surface area contributed by atoms with E-state index in [0.29, 0.717) is 10.8 Å². The van der Waals surface area contributed by atoms with E-state index in [4.69, 9.17) is 0 Å². The fraction of sp³-hybridized carbons (Fsp3) is 0.613. The Balaban J connectivity index is 1.49. The molecule has 2 fully saturated rings. The minimum absolute atomic E-state index is 0.0669. The Kier molecular flexibility index (Phi) is 5.03. The second kappa shape index (κ2) is 7.18. The van der Waals surface area contributed by atoms with Crippen molar-refractivity contribution in [1.29, 1.82) is 0 Å². The van der Waals surface area contributed by atoms with Gasteiger partial charge in [0.05, 0.1) is 54.4 Å². The van der Waals surface area contributed by atoms with Crippen molar-refractivity contribution in [2.45, 2.75) is 69.6 Å². The van der Waals surface area contributed by atoms with Crippen LogP contribution in [-0.2, 0) is 16.2 Å². The molecular formula is C31H46N2+2. The molecule has 0 spiro atoms. The Hall–Kier alpha value is -1.64. The fourth-order valence-corrected chi connectivity index (χ4v) is 6.74. The van der Waals surface area contributed by atoms with Crippen molar-refractivity contribution in [1.82, 2.24) is 0 Å². The highest BCUT2D eigenvalue weighted by atomic mass is 15.3. The van der Waals surface area contributed by atoms with E-state index in [1.54, 1.807) is 22.3 Å². The van der Waals surface area contributed by atoms with E-state index in [1.165, 1.54) is 63.0 Å². The molecule has 0 amide bonds. The van der Waals surface area contributed by atoms with Crippen molar-refractivity contribution in [2.75, 3.05) is 54.4 Å². The maximum Gasteiger partial charge on any atom is 0.0791 e. The van der Waals surface area contributed by atoms with E-state index in [-0.39, 0.29) is 5.41 Å². The van der Waals surface area contributed by atoms with E-state index in [2.05, 4.69) is 92.3 Å². The number of nitrogens with zero attached hydrogens (tertiary/aromatic N) is 2. The van der Waals surface area contributed by atoms with Gasteiger partial charge in [0.1, 0.15) is 0 Å². The molecule has 2 heterocycles. The number of benzene rings is 2. The van der Waals surface area contributed by atoms with Crippen LogP contribution in [0.25, 0.3) is 11.1 Å². The van der Waals surface area contributed by atoms with Gasteiger partial charge in [-0.2, -0.15) is 0 Å². The topological polar surface area (TPSA) is 0 Å². The maximum atomic E-state index is 2.59. The number of fused-ring (bicyclic) bond motifs is 3. The van der Waals surface area contributed by atoms with Gasteiger partial charge in [-0.3, -0.25) is 0 Å². The molecule has 2 heteroatoms. The largest absolute Gasteiger partial charge is 0.328 e. The summed E-state index contributed by atoms with van der Waals surface area (Å²) in [5.74, 6) is 0. The van der Waals surface area contributed by atoms with Crippen LogP contribution in [0, 0.1) is 0 Å². The van der Waals surface area contributed by atoms with Crippen LogP contribution in [-0.4, -0.2) is 63.3 Å². The lowest BCUT2D eigenvalue weighted by Crippen LogP contribution is -2.50. The summed E-state index contributed by atoms with van der Waals surface area (Å²) in [6.45, 7) is 15.0. The first-order chi connectivity index (χ1) is 15.2. The third-order valence-electron chi connectivity index (χ3n) is 10.1. The van der Waals surface area contributed by atoms with Crippen molar-refractivity contribution in [2.24, 2.45) is 0 Å². The summed E-state index contributed by atoms with van der Waals surface area (Å²) >= 11 is 0. The third kappa shape index (κ3) is 3.78. The van der Waals surface area contributed by atoms with Crippen LogP contribution in [0.3, 0.4) is 0 Å². The number of piperidine rings is 2. The highest BCUT2D eigenvalue weighted by molar-refractivity contribution is 5.81. The molecule has 178 valence electrons. The Morgan fingerprint density at radius 1 is 0.545 bits per heavy atom. The summed E-state index contributed by atoms with van der Waals surface area (Å²) in [4.78, 5) is 0. The summed E-state index contributed by atoms with van der Waals surface area (Å²) in [7, 11) is 9.53. The molecule has 0 N–H and O–H groups in total. The van der Waals surface area contributed by atoms with Crippen LogP contribution < -0.4 is 0 Å². The average Bonchev–Trinajstić information content (AvgIpc) is 2.99. The van der Waals surface area contributed by atoms with Crippen LogP contribution in [0.4, 0.5) is 0 Å². The van der Waals surface area contributed by atoms with Gasteiger partial charge < -0.3 is 8.97 Å². The molecule has 1 aliphatic carbocycles. The standard InChI is InChI=1S/C31H46N2/c1-29(2)27-21-23(30(3)13-17-32(5,6)18-14-30)9-11-25(27)26-12-10-24(22-28(26)29)31(4)15-19-33(7,8)20-16-31/h9-12,21-22H,13-20H2,1-8H3/q+2. The zero-order valence-corrected chi connectivity index (χ0v) is 22.5. The molecule has 2 aliphatic heterocycles. The summed E-state index contributed by atoms with van der Waals surface area (Å²) in [5, 5.41) is 0. The van der Waals surface area contributed by atoms with E-state index < -0.39 is 0 Å². The molecule has 0 unspecified atom stereocenters. The zero-order valence-electron chi connectivity index (χ0n) is 22.5. The molecule has 0 atom stereocenters. The van der Waals surface area contributed by atoms with Gasteiger partial charge in [-0.1, -0.05) is 64.1 Å². The monoisotopic (exact) mass is 446 g/mol. The van der Waals surface area contributed by atoms with Crippen LogP contribution in [0.15, 0.2) is 36.4 Å². The van der Waals surface area contributed by atoms with Crippen molar-refractivity contribution in [3.8, 4) is 11.1 Å². The molecular weight excluding hydrogens is 400 g/mol. The predicted octanol–water partition coefficient (Wildman–Crippen LogP) is 6.25. The lowest BCUT2D eigenvalue weighted by Gasteiger charge is -2.43. The summed E-state index contributed by atoms with van der Waals surface area (Å²) in [6.07, 6.45) is 5.13. The molecule has 2 nitrogen and oxygen atoms in total.